The Morgan fingerprint density at radius 1 is 1.10 bits per heavy atom. The summed E-state index contributed by atoms with van der Waals surface area (Å²) in [6.45, 7) is 3.51. The predicted octanol–water partition coefficient (Wildman–Crippen LogP) is 3.06. The molecule has 0 saturated carbocycles. The fourth-order valence-electron chi connectivity index (χ4n) is 3.67. The van der Waals surface area contributed by atoms with Crippen LogP contribution in [0.25, 0.3) is 6.08 Å². The number of carbonyl (C=O) groups excluding carboxylic acids is 1. The summed E-state index contributed by atoms with van der Waals surface area (Å²) in [4.78, 5) is 13.3. The van der Waals surface area contributed by atoms with Gasteiger partial charge in [-0.15, -0.1) is 0 Å². The highest BCUT2D eigenvalue weighted by Crippen LogP contribution is 2.47. The van der Waals surface area contributed by atoms with Crippen molar-refractivity contribution in [1.29, 1.82) is 0 Å². The molecule has 2 heterocycles. The van der Waals surface area contributed by atoms with Crippen molar-refractivity contribution in [3.63, 3.8) is 0 Å². The molecule has 2 N–H and O–H groups in total. The number of aromatic hydroxyl groups is 1. The molecule has 0 saturated heterocycles. The summed E-state index contributed by atoms with van der Waals surface area (Å²) in [5, 5.41) is 21.7. The third-order valence-corrected chi connectivity index (χ3v) is 5.16. The molecule has 4 rings (SSSR count). The van der Waals surface area contributed by atoms with Crippen LogP contribution in [0.4, 0.5) is 0 Å². The van der Waals surface area contributed by atoms with E-state index >= 15 is 0 Å². The Morgan fingerprint density at radius 2 is 1.86 bits per heavy atom. The number of benzene rings is 2. The zero-order chi connectivity index (χ0) is 21.0. The zero-order valence-corrected chi connectivity index (χ0v) is 16.6. The van der Waals surface area contributed by atoms with Crippen molar-refractivity contribution in [2.24, 2.45) is 0 Å². The van der Waals surface area contributed by atoms with Gasteiger partial charge in [-0.05, 0) is 38.1 Å². The van der Waals surface area contributed by atoms with E-state index in [4.69, 9.17) is 18.9 Å². The van der Waals surface area contributed by atoms with Crippen LogP contribution < -0.4 is 18.9 Å². The zero-order valence-electron chi connectivity index (χ0n) is 16.6. The highest BCUT2D eigenvalue weighted by Gasteiger charge is 2.48. The lowest BCUT2D eigenvalue weighted by atomic mass is 9.82. The van der Waals surface area contributed by atoms with Crippen LogP contribution in [0.5, 0.6) is 28.7 Å². The molecular weight excluding hydrogens is 376 g/mol. The van der Waals surface area contributed by atoms with Crippen molar-refractivity contribution < 1.29 is 34.0 Å². The van der Waals surface area contributed by atoms with Crippen LogP contribution in [-0.4, -0.2) is 42.4 Å². The summed E-state index contributed by atoms with van der Waals surface area (Å²) in [6, 6.07) is 6.07. The number of ether oxygens (including phenoxy) is 4. The van der Waals surface area contributed by atoms with Crippen molar-refractivity contribution in [3.05, 3.63) is 47.0 Å². The maximum absolute atomic E-state index is 13.3. The van der Waals surface area contributed by atoms with Crippen LogP contribution in [-0.2, 0) is 5.60 Å². The van der Waals surface area contributed by atoms with E-state index in [1.807, 2.05) is 26.0 Å². The third kappa shape index (κ3) is 2.89. The van der Waals surface area contributed by atoms with Gasteiger partial charge in [0.15, 0.2) is 5.60 Å². The third-order valence-electron chi connectivity index (χ3n) is 5.16. The molecule has 0 aliphatic carbocycles. The Balaban J connectivity index is 1.85. The highest BCUT2D eigenvalue weighted by atomic mass is 16.5. The van der Waals surface area contributed by atoms with E-state index in [2.05, 4.69) is 0 Å². The topological polar surface area (TPSA) is 94.5 Å². The molecule has 1 unspecified atom stereocenters. The number of rotatable bonds is 3. The minimum Gasteiger partial charge on any atom is -0.507 e. The fourth-order valence-corrected chi connectivity index (χ4v) is 3.67. The number of methoxy groups -OCH3 is 2. The standard InChI is InChI=1S/C22H22O7/c1-21(2)8-7-13-16(29-21)6-5-14(19(13)27-4)22(25)11-28-17-10-12(26-3)9-15(23)18(17)20(22)24/h5-10,23,25H,11H2,1-4H3. The summed E-state index contributed by atoms with van der Waals surface area (Å²) in [5.41, 5.74) is -1.77. The number of hydrogen-bond acceptors (Lipinski definition) is 7. The lowest BCUT2D eigenvalue weighted by Gasteiger charge is -2.35. The SMILES string of the molecule is COc1cc(O)c2c(c1)OCC(O)(c1ccc3c(c1OC)C=CC(C)(C)O3)C2=O. The van der Waals surface area contributed by atoms with Gasteiger partial charge in [-0.25, -0.2) is 0 Å². The normalized spacial score (nSPS) is 21.5. The van der Waals surface area contributed by atoms with E-state index in [1.54, 1.807) is 12.1 Å². The molecule has 0 aromatic heterocycles. The molecule has 0 bridgehead atoms. The van der Waals surface area contributed by atoms with Gasteiger partial charge in [0, 0.05) is 17.7 Å². The molecule has 2 aromatic carbocycles. The predicted molar refractivity (Wildman–Crippen MR) is 105 cm³/mol. The van der Waals surface area contributed by atoms with E-state index < -0.39 is 17.0 Å². The monoisotopic (exact) mass is 398 g/mol. The molecule has 0 amide bonds. The first kappa shape index (κ1) is 19.1. The van der Waals surface area contributed by atoms with Gasteiger partial charge < -0.3 is 29.2 Å². The molecule has 2 aromatic rings. The van der Waals surface area contributed by atoms with Crippen LogP contribution in [0.3, 0.4) is 0 Å². The van der Waals surface area contributed by atoms with Gasteiger partial charge in [-0.1, -0.05) is 0 Å². The second kappa shape index (κ2) is 6.42. The maximum atomic E-state index is 13.3. The number of phenolic OH excluding ortho intramolecular Hbond substituents is 1. The highest BCUT2D eigenvalue weighted by molar-refractivity contribution is 6.08. The quantitative estimate of drug-likeness (QED) is 0.821. The lowest BCUT2D eigenvalue weighted by Crippen LogP contribution is -2.45. The summed E-state index contributed by atoms with van der Waals surface area (Å²) in [5.74, 6) is 0.376. The number of Topliss-reactive ketones (excluding diaryl/α,β-unsaturated/α-hetero) is 1. The molecule has 7 nitrogen and oxygen atoms in total. The van der Waals surface area contributed by atoms with E-state index in [9.17, 15) is 15.0 Å². The fraction of sp³-hybridized carbons (Fsp3) is 0.318. The van der Waals surface area contributed by atoms with Gasteiger partial charge in [0.05, 0.1) is 19.8 Å². The van der Waals surface area contributed by atoms with E-state index in [1.165, 1.54) is 26.4 Å². The Bertz CT molecular complexity index is 1040. The molecule has 0 fully saturated rings. The van der Waals surface area contributed by atoms with Gasteiger partial charge >= 0.3 is 0 Å². The molecule has 7 heteroatoms. The van der Waals surface area contributed by atoms with Crippen molar-refractivity contribution in [2.45, 2.75) is 25.0 Å². The average Bonchev–Trinajstić information content (AvgIpc) is 2.68. The molecule has 152 valence electrons. The largest absolute Gasteiger partial charge is 0.507 e. The van der Waals surface area contributed by atoms with Crippen LogP contribution in [0.2, 0.25) is 0 Å². The van der Waals surface area contributed by atoms with E-state index in [-0.39, 0.29) is 29.2 Å². The Hall–Kier alpha value is -3.19. The van der Waals surface area contributed by atoms with Gasteiger partial charge in [0.1, 0.15) is 46.5 Å². The Labute approximate surface area is 168 Å². The summed E-state index contributed by atoms with van der Waals surface area (Å²) in [6.07, 6.45) is 3.72. The van der Waals surface area contributed by atoms with Crippen LogP contribution in [0.15, 0.2) is 30.3 Å². The second-order valence-electron chi connectivity index (χ2n) is 7.59. The number of hydrogen-bond donors (Lipinski definition) is 2. The van der Waals surface area contributed by atoms with Crippen LogP contribution in [0, 0.1) is 0 Å². The van der Waals surface area contributed by atoms with Gasteiger partial charge in [-0.2, -0.15) is 0 Å². The second-order valence-corrected chi connectivity index (χ2v) is 7.59. The van der Waals surface area contributed by atoms with Crippen molar-refractivity contribution in [2.75, 3.05) is 20.8 Å². The van der Waals surface area contributed by atoms with Crippen LogP contribution in [0.1, 0.15) is 35.3 Å². The molecule has 2 aliphatic heterocycles. The first-order valence-electron chi connectivity index (χ1n) is 9.11. The van der Waals surface area contributed by atoms with Gasteiger partial charge in [-0.3, -0.25) is 4.79 Å². The average molecular weight is 398 g/mol. The van der Waals surface area contributed by atoms with E-state index in [0.29, 0.717) is 22.8 Å². The van der Waals surface area contributed by atoms with Crippen LogP contribution >= 0.6 is 0 Å². The molecule has 0 radical (unpaired) electrons. The van der Waals surface area contributed by atoms with Gasteiger partial charge in [0.2, 0.25) is 5.78 Å². The molecule has 29 heavy (non-hydrogen) atoms. The maximum Gasteiger partial charge on any atom is 0.210 e. The molecule has 2 aliphatic rings. The van der Waals surface area contributed by atoms with Gasteiger partial charge in [0.25, 0.3) is 0 Å². The number of carbonyl (C=O) groups is 1. The number of ketones is 1. The first-order valence-corrected chi connectivity index (χ1v) is 9.11. The summed E-state index contributed by atoms with van der Waals surface area (Å²) < 4.78 is 22.2. The Morgan fingerprint density at radius 3 is 2.55 bits per heavy atom. The van der Waals surface area contributed by atoms with E-state index in [0.717, 1.165) is 0 Å². The number of fused-ring (bicyclic) bond motifs is 2. The summed E-state index contributed by atoms with van der Waals surface area (Å²) >= 11 is 0. The number of phenols is 1. The summed E-state index contributed by atoms with van der Waals surface area (Å²) in [7, 11) is 2.90. The minimum absolute atomic E-state index is 0.104. The molecule has 0 spiro atoms. The number of aliphatic hydroxyl groups is 1. The first-order chi connectivity index (χ1) is 13.7. The minimum atomic E-state index is -2.04. The van der Waals surface area contributed by atoms with Crippen molar-refractivity contribution >= 4 is 11.9 Å². The molecule has 1 atom stereocenters. The molecular formula is C22H22O7. The lowest BCUT2D eigenvalue weighted by molar-refractivity contribution is -0.00682. The smallest absolute Gasteiger partial charge is 0.210 e. The van der Waals surface area contributed by atoms with Crippen molar-refractivity contribution in [3.8, 4) is 28.7 Å². The van der Waals surface area contributed by atoms with Crippen molar-refractivity contribution in [1.82, 2.24) is 0 Å². The Kier molecular flexibility index (Phi) is 4.24.